The van der Waals surface area contributed by atoms with Gasteiger partial charge >= 0.3 is 0 Å². The van der Waals surface area contributed by atoms with E-state index in [4.69, 9.17) is 4.74 Å². The van der Waals surface area contributed by atoms with Gasteiger partial charge in [0.05, 0.1) is 6.61 Å². The zero-order valence-corrected chi connectivity index (χ0v) is 15.3. The van der Waals surface area contributed by atoms with Crippen molar-refractivity contribution in [3.8, 4) is 17.6 Å². The molecule has 1 saturated carbocycles. The molecule has 1 heterocycles. The SMILES string of the molecule is CC(CC(=O)C1CC1)Cc1ccc(C#Cc2ccc3c(c2)CCO3)cc1. The average molecular weight is 344 g/mol. The largest absolute Gasteiger partial charge is 0.493 e. The third kappa shape index (κ3) is 4.17. The Hall–Kier alpha value is -2.53. The molecule has 0 aromatic heterocycles. The number of benzene rings is 2. The van der Waals surface area contributed by atoms with Crippen LogP contribution in [0.3, 0.4) is 0 Å². The van der Waals surface area contributed by atoms with E-state index >= 15 is 0 Å². The second-order valence-corrected chi connectivity index (χ2v) is 7.62. The number of hydrogen-bond acceptors (Lipinski definition) is 2. The molecule has 4 rings (SSSR count). The van der Waals surface area contributed by atoms with Crippen LogP contribution in [0.15, 0.2) is 42.5 Å². The van der Waals surface area contributed by atoms with Gasteiger partial charge in [0.15, 0.2) is 0 Å². The highest BCUT2D eigenvalue weighted by Crippen LogP contribution is 2.32. The minimum absolute atomic E-state index is 0.376. The lowest BCUT2D eigenvalue weighted by Gasteiger charge is -2.10. The molecule has 2 aliphatic rings. The smallest absolute Gasteiger partial charge is 0.136 e. The molecule has 1 atom stereocenters. The van der Waals surface area contributed by atoms with Gasteiger partial charge in [-0.05, 0) is 66.6 Å². The van der Waals surface area contributed by atoms with Crippen molar-refractivity contribution in [2.75, 3.05) is 6.61 Å². The molecule has 2 nitrogen and oxygen atoms in total. The molecule has 0 bridgehead atoms. The first kappa shape index (κ1) is 16.9. The van der Waals surface area contributed by atoms with Crippen LogP contribution in [0, 0.1) is 23.7 Å². The monoisotopic (exact) mass is 344 g/mol. The van der Waals surface area contributed by atoms with E-state index in [-0.39, 0.29) is 0 Å². The van der Waals surface area contributed by atoms with E-state index in [2.05, 4.69) is 49.1 Å². The molecule has 0 radical (unpaired) electrons. The van der Waals surface area contributed by atoms with Crippen molar-refractivity contribution in [1.29, 1.82) is 0 Å². The van der Waals surface area contributed by atoms with E-state index in [1.165, 1.54) is 11.1 Å². The Labute approximate surface area is 155 Å². The fourth-order valence-electron chi connectivity index (χ4n) is 3.52. The van der Waals surface area contributed by atoms with Crippen LogP contribution < -0.4 is 4.74 Å². The Morgan fingerprint density at radius 1 is 1.12 bits per heavy atom. The summed E-state index contributed by atoms with van der Waals surface area (Å²) in [7, 11) is 0. The van der Waals surface area contributed by atoms with E-state index in [1.54, 1.807) is 0 Å². The summed E-state index contributed by atoms with van der Waals surface area (Å²) in [4.78, 5) is 11.9. The first-order chi connectivity index (χ1) is 12.7. The number of carbonyl (C=O) groups excluding carboxylic acids is 1. The fourth-order valence-corrected chi connectivity index (χ4v) is 3.52. The second kappa shape index (κ2) is 7.38. The van der Waals surface area contributed by atoms with Crippen LogP contribution in [-0.4, -0.2) is 12.4 Å². The zero-order chi connectivity index (χ0) is 17.9. The molecule has 26 heavy (non-hydrogen) atoms. The summed E-state index contributed by atoms with van der Waals surface area (Å²) in [5.41, 5.74) is 4.58. The van der Waals surface area contributed by atoms with Crippen molar-refractivity contribution >= 4 is 5.78 Å². The van der Waals surface area contributed by atoms with Gasteiger partial charge in [0.2, 0.25) is 0 Å². The molecule has 1 aliphatic carbocycles. The highest BCUT2D eigenvalue weighted by atomic mass is 16.5. The van der Waals surface area contributed by atoms with Crippen molar-refractivity contribution in [3.05, 3.63) is 64.7 Å². The predicted molar refractivity (Wildman–Crippen MR) is 103 cm³/mol. The molecule has 0 amide bonds. The van der Waals surface area contributed by atoms with Crippen LogP contribution in [0.4, 0.5) is 0 Å². The van der Waals surface area contributed by atoms with Gasteiger partial charge in [0.1, 0.15) is 11.5 Å². The van der Waals surface area contributed by atoms with Gasteiger partial charge in [-0.2, -0.15) is 0 Å². The summed E-state index contributed by atoms with van der Waals surface area (Å²) in [6.07, 6.45) is 4.86. The van der Waals surface area contributed by atoms with Gasteiger partial charge in [0, 0.05) is 29.9 Å². The number of ether oxygens (including phenoxy) is 1. The Morgan fingerprint density at radius 2 is 1.85 bits per heavy atom. The van der Waals surface area contributed by atoms with Gasteiger partial charge in [-0.15, -0.1) is 0 Å². The minimum atomic E-state index is 0.376. The molecular weight excluding hydrogens is 320 g/mol. The van der Waals surface area contributed by atoms with Crippen molar-refractivity contribution in [2.45, 2.75) is 39.0 Å². The lowest BCUT2D eigenvalue weighted by Crippen LogP contribution is -2.09. The van der Waals surface area contributed by atoms with Crippen LogP contribution in [0.25, 0.3) is 0 Å². The second-order valence-electron chi connectivity index (χ2n) is 7.62. The van der Waals surface area contributed by atoms with Gasteiger partial charge < -0.3 is 4.74 Å². The summed E-state index contributed by atoms with van der Waals surface area (Å²) < 4.78 is 5.53. The molecule has 2 heteroatoms. The third-order valence-corrected chi connectivity index (χ3v) is 5.16. The van der Waals surface area contributed by atoms with Crippen LogP contribution >= 0.6 is 0 Å². The van der Waals surface area contributed by atoms with Crippen molar-refractivity contribution in [2.24, 2.45) is 11.8 Å². The average Bonchev–Trinajstić information content (AvgIpc) is 3.39. The number of hydrogen-bond donors (Lipinski definition) is 0. The molecule has 1 fully saturated rings. The number of Topliss-reactive ketones (excluding diaryl/α,β-unsaturated/α-hetero) is 1. The summed E-state index contributed by atoms with van der Waals surface area (Å²) >= 11 is 0. The third-order valence-electron chi connectivity index (χ3n) is 5.16. The molecule has 1 aliphatic heterocycles. The molecular formula is C24H24O2. The highest BCUT2D eigenvalue weighted by molar-refractivity contribution is 5.83. The molecule has 132 valence electrons. The number of ketones is 1. The van der Waals surface area contributed by atoms with Crippen LogP contribution in [0.5, 0.6) is 5.75 Å². The van der Waals surface area contributed by atoms with Crippen LogP contribution in [0.1, 0.15) is 48.4 Å². The number of rotatable bonds is 5. The maximum absolute atomic E-state index is 11.9. The quantitative estimate of drug-likeness (QED) is 0.743. The standard InChI is InChI=1S/C24H24O2/c1-17(15-23(25)21-9-10-21)14-19-5-2-18(3-6-19)4-7-20-8-11-24-22(16-20)12-13-26-24/h2-3,5-6,8,11,16-17,21H,9-10,12-15H2,1H3. The summed E-state index contributed by atoms with van der Waals surface area (Å²) in [6.45, 7) is 2.95. The molecule has 1 unspecified atom stereocenters. The van der Waals surface area contributed by atoms with Crippen molar-refractivity contribution < 1.29 is 9.53 Å². The normalized spacial score (nSPS) is 16.2. The predicted octanol–water partition coefficient (Wildman–Crippen LogP) is 4.57. The van der Waals surface area contributed by atoms with Gasteiger partial charge in [-0.25, -0.2) is 0 Å². The van der Waals surface area contributed by atoms with Crippen LogP contribution in [0.2, 0.25) is 0 Å². The summed E-state index contributed by atoms with van der Waals surface area (Å²) in [6, 6.07) is 14.6. The van der Waals surface area contributed by atoms with Crippen molar-refractivity contribution in [1.82, 2.24) is 0 Å². The lowest BCUT2D eigenvalue weighted by atomic mass is 9.94. The molecule has 0 N–H and O–H groups in total. The maximum atomic E-state index is 11.9. The van der Waals surface area contributed by atoms with E-state index in [1.807, 2.05) is 12.1 Å². The highest BCUT2D eigenvalue weighted by Gasteiger charge is 2.29. The number of carbonyl (C=O) groups is 1. The topological polar surface area (TPSA) is 26.3 Å². The molecule has 0 spiro atoms. The van der Waals surface area contributed by atoms with Gasteiger partial charge in [0.25, 0.3) is 0 Å². The van der Waals surface area contributed by atoms with E-state index < -0.39 is 0 Å². The lowest BCUT2D eigenvalue weighted by molar-refractivity contribution is -0.121. The Kier molecular flexibility index (Phi) is 4.80. The molecule has 0 saturated heterocycles. The van der Waals surface area contributed by atoms with Crippen LogP contribution in [-0.2, 0) is 17.6 Å². The summed E-state index contributed by atoms with van der Waals surface area (Å²) in [5.74, 6) is 8.73. The Balaban J connectivity index is 1.36. The van der Waals surface area contributed by atoms with Crippen molar-refractivity contribution in [3.63, 3.8) is 0 Å². The first-order valence-corrected chi connectivity index (χ1v) is 9.57. The van der Waals surface area contributed by atoms with E-state index in [0.717, 1.165) is 49.2 Å². The number of fused-ring (bicyclic) bond motifs is 1. The summed E-state index contributed by atoms with van der Waals surface area (Å²) in [5, 5.41) is 0. The Morgan fingerprint density at radius 3 is 2.62 bits per heavy atom. The zero-order valence-electron chi connectivity index (χ0n) is 15.3. The van der Waals surface area contributed by atoms with E-state index in [0.29, 0.717) is 24.0 Å². The first-order valence-electron chi connectivity index (χ1n) is 9.57. The maximum Gasteiger partial charge on any atom is 0.136 e. The molecule has 2 aromatic rings. The van der Waals surface area contributed by atoms with Gasteiger partial charge in [-0.3, -0.25) is 4.79 Å². The minimum Gasteiger partial charge on any atom is -0.493 e. The fraction of sp³-hybridized carbons (Fsp3) is 0.375. The van der Waals surface area contributed by atoms with Gasteiger partial charge in [-0.1, -0.05) is 30.9 Å². The Bertz CT molecular complexity index is 863. The molecule has 2 aromatic carbocycles. The van der Waals surface area contributed by atoms with E-state index in [9.17, 15) is 4.79 Å².